The maximum atomic E-state index is 13.2. The van der Waals surface area contributed by atoms with Crippen LogP contribution >= 0.6 is 11.8 Å². The molecule has 0 bridgehead atoms. The van der Waals surface area contributed by atoms with Crippen LogP contribution in [0, 0.1) is 0 Å². The smallest absolute Gasteiger partial charge is 0.409 e. The molecule has 2 amide bonds. The molecular weight excluding hydrogens is 456 g/mol. The van der Waals surface area contributed by atoms with Crippen molar-refractivity contribution in [2.24, 2.45) is 7.05 Å². The number of hydrogen-bond donors (Lipinski definition) is 0. The molecule has 34 heavy (non-hydrogen) atoms. The van der Waals surface area contributed by atoms with Crippen LogP contribution in [0.1, 0.15) is 30.7 Å². The summed E-state index contributed by atoms with van der Waals surface area (Å²) >= 11 is 1.26. The van der Waals surface area contributed by atoms with Crippen LogP contribution in [0.25, 0.3) is 0 Å². The summed E-state index contributed by atoms with van der Waals surface area (Å²) < 4.78 is 11.9. The van der Waals surface area contributed by atoms with E-state index in [1.807, 2.05) is 37.3 Å². The van der Waals surface area contributed by atoms with E-state index < -0.39 is 5.25 Å². The van der Waals surface area contributed by atoms with Crippen molar-refractivity contribution in [2.75, 3.05) is 39.9 Å². The molecule has 1 aromatic carbocycles. The molecule has 1 atom stereocenters. The Morgan fingerprint density at radius 1 is 1.12 bits per heavy atom. The summed E-state index contributed by atoms with van der Waals surface area (Å²) in [5.74, 6) is -0.0515. The molecule has 0 radical (unpaired) electrons. The monoisotopic (exact) mass is 488 g/mol. The maximum Gasteiger partial charge on any atom is 0.409 e. The highest BCUT2D eigenvalue weighted by Gasteiger charge is 2.29. The standard InChI is InChI=1S/C24H32N4O5S/c1-5-33-24(31)28-13-11-27(12-14-28)21(29)17(2)34-23-25-20(16-32-4)19(22(30)26(23)3)15-18-9-7-6-8-10-18/h6-10,17H,5,11-16H2,1-4H3. The summed E-state index contributed by atoms with van der Waals surface area (Å²) in [6.07, 6.45) is 0.112. The van der Waals surface area contributed by atoms with Crippen molar-refractivity contribution in [2.45, 2.75) is 37.3 Å². The molecule has 2 heterocycles. The molecule has 1 aliphatic rings. The van der Waals surface area contributed by atoms with E-state index in [1.54, 1.807) is 30.9 Å². The largest absolute Gasteiger partial charge is 0.450 e. The first kappa shape index (κ1) is 25.8. The molecule has 1 aliphatic heterocycles. The topological polar surface area (TPSA) is 94.0 Å². The van der Waals surface area contributed by atoms with Gasteiger partial charge in [0, 0.05) is 52.3 Å². The molecule has 184 valence electrons. The van der Waals surface area contributed by atoms with Gasteiger partial charge in [0.25, 0.3) is 5.56 Å². The minimum absolute atomic E-state index is 0.0515. The SMILES string of the molecule is CCOC(=O)N1CCN(C(=O)C(C)Sc2nc(COC)c(Cc3ccccc3)c(=O)n2C)CC1. The fourth-order valence-corrected chi connectivity index (χ4v) is 4.77. The summed E-state index contributed by atoms with van der Waals surface area (Å²) in [5.41, 5.74) is 2.05. The minimum atomic E-state index is -0.442. The first-order chi connectivity index (χ1) is 16.3. The molecule has 1 saturated heterocycles. The summed E-state index contributed by atoms with van der Waals surface area (Å²) in [6, 6.07) is 9.76. The fourth-order valence-electron chi connectivity index (χ4n) is 3.80. The highest BCUT2D eigenvalue weighted by atomic mass is 32.2. The van der Waals surface area contributed by atoms with Gasteiger partial charge in [0.05, 0.1) is 24.2 Å². The number of piperazine rings is 1. The molecule has 1 aromatic heterocycles. The van der Waals surface area contributed by atoms with Crippen LogP contribution in [-0.4, -0.2) is 76.5 Å². The number of carbonyl (C=O) groups excluding carboxylic acids is 2. The highest BCUT2D eigenvalue weighted by Crippen LogP contribution is 2.24. The summed E-state index contributed by atoms with van der Waals surface area (Å²) in [5, 5.41) is 0.0301. The molecule has 0 N–H and O–H groups in total. The van der Waals surface area contributed by atoms with Crippen molar-refractivity contribution >= 4 is 23.8 Å². The van der Waals surface area contributed by atoms with E-state index in [0.29, 0.717) is 55.6 Å². The minimum Gasteiger partial charge on any atom is -0.450 e. The molecule has 1 unspecified atom stereocenters. The maximum absolute atomic E-state index is 13.2. The second kappa shape index (κ2) is 12.0. The van der Waals surface area contributed by atoms with Crippen LogP contribution in [-0.2, 0) is 34.3 Å². The number of rotatable bonds is 8. The Balaban J connectivity index is 1.72. The van der Waals surface area contributed by atoms with Crippen molar-refractivity contribution < 1.29 is 19.1 Å². The highest BCUT2D eigenvalue weighted by molar-refractivity contribution is 8.00. The summed E-state index contributed by atoms with van der Waals surface area (Å²) in [6.45, 7) is 5.88. The Morgan fingerprint density at radius 3 is 2.38 bits per heavy atom. The first-order valence-electron chi connectivity index (χ1n) is 11.3. The average molecular weight is 489 g/mol. The van der Waals surface area contributed by atoms with Crippen molar-refractivity contribution in [3.05, 3.63) is 57.5 Å². The molecule has 2 aromatic rings. The lowest BCUT2D eigenvalue weighted by Crippen LogP contribution is -2.52. The van der Waals surface area contributed by atoms with Crippen LogP contribution < -0.4 is 5.56 Å². The van der Waals surface area contributed by atoms with E-state index in [4.69, 9.17) is 14.5 Å². The Kier molecular flexibility index (Phi) is 9.12. The van der Waals surface area contributed by atoms with Gasteiger partial charge in [0.15, 0.2) is 5.16 Å². The van der Waals surface area contributed by atoms with Gasteiger partial charge in [-0.1, -0.05) is 42.1 Å². The van der Waals surface area contributed by atoms with E-state index in [0.717, 1.165) is 5.56 Å². The van der Waals surface area contributed by atoms with Gasteiger partial charge in [-0.15, -0.1) is 0 Å². The van der Waals surface area contributed by atoms with Crippen molar-refractivity contribution in [1.29, 1.82) is 0 Å². The van der Waals surface area contributed by atoms with E-state index in [-0.39, 0.29) is 24.2 Å². The van der Waals surface area contributed by atoms with E-state index in [9.17, 15) is 14.4 Å². The first-order valence-corrected chi connectivity index (χ1v) is 12.2. The Morgan fingerprint density at radius 2 is 1.76 bits per heavy atom. The summed E-state index contributed by atoms with van der Waals surface area (Å²) in [4.78, 5) is 46.2. The lowest BCUT2D eigenvalue weighted by atomic mass is 10.0. The van der Waals surface area contributed by atoms with Gasteiger partial charge >= 0.3 is 6.09 Å². The third kappa shape index (κ3) is 6.18. The van der Waals surface area contributed by atoms with E-state index in [2.05, 4.69) is 0 Å². The number of amides is 2. The van der Waals surface area contributed by atoms with E-state index >= 15 is 0 Å². The quantitative estimate of drug-likeness (QED) is 0.416. The Labute approximate surface area is 204 Å². The van der Waals surface area contributed by atoms with Gasteiger partial charge < -0.3 is 19.3 Å². The van der Waals surface area contributed by atoms with Gasteiger partial charge in [-0.2, -0.15) is 0 Å². The lowest BCUT2D eigenvalue weighted by Gasteiger charge is -2.35. The molecule has 0 saturated carbocycles. The van der Waals surface area contributed by atoms with Crippen LogP contribution in [0.4, 0.5) is 4.79 Å². The third-order valence-electron chi connectivity index (χ3n) is 5.68. The molecular formula is C24H32N4O5S. The molecule has 0 aliphatic carbocycles. The number of ether oxygens (including phenoxy) is 2. The van der Waals surface area contributed by atoms with Gasteiger partial charge in [0.2, 0.25) is 5.91 Å². The molecule has 10 heteroatoms. The molecule has 1 fully saturated rings. The lowest BCUT2D eigenvalue weighted by molar-refractivity contribution is -0.131. The molecule has 9 nitrogen and oxygen atoms in total. The average Bonchev–Trinajstić information content (AvgIpc) is 2.85. The van der Waals surface area contributed by atoms with Gasteiger partial charge in [0.1, 0.15) is 0 Å². The molecule has 0 spiro atoms. The zero-order valence-electron chi connectivity index (χ0n) is 20.2. The number of carbonyl (C=O) groups is 2. The number of methoxy groups -OCH3 is 1. The van der Waals surface area contributed by atoms with Crippen LogP contribution in [0.5, 0.6) is 0 Å². The molecule has 3 rings (SSSR count). The predicted molar refractivity (Wildman–Crippen MR) is 130 cm³/mol. The number of benzene rings is 1. The van der Waals surface area contributed by atoms with Crippen LogP contribution in [0.15, 0.2) is 40.3 Å². The second-order valence-electron chi connectivity index (χ2n) is 8.05. The van der Waals surface area contributed by atoms with Crippen LogP contribution in [0.2, 0.25) is 0 Å². The normalized spacial score (nSPS) is 14.7. The van der Waals surface area contributed by atoms with Gasteiger partial charge in [-0.3, -0.25) is 14.2 Å². The Bertz CT molecular complexity index is 1050. The number of aromatic nitrogens is 2. The van der Waals surface area contributed by atoms with Gasteiger partial charge in [-0.25, -0.2) is 9.78 Å². The zero-order valence-corrected chi connectivity index (χ0v) is 21.0. The van der Waals surface area contributed by atoms with Crippen LogP contribution in [0.3, 0.4) is 0 Å². The third-order valence-corrected chi connectivity index (χ3v) is 6.81. The number of thioether (sulfide) groups is 1. The zero-order chi connectivity index (χ0) is 24.7. The Hall–Kier alpha value is -2.85. The number of nitrogens with zero attached hydrogens (tertiary/aromatic N) is 4. The van der Waals surface area contributed by atoms with Crippen molar-refractivity contribution in [3.8, 4) is 0 Å². The summed E-state index contributed by atoms with van der Waals surface area (Å²) in [7, 11) is 3.25. The van der Waals surface area contributed by atoms with E-state index in [1.165, 1.54) is 16.3 Å². The fraction of sp³-hybridized carbons (Fsp3) is 0.500. The second-order valence-corrected chi connectivity index (χ2v) is 9.36. The van der Waals surface area contributed by atoms with Crippen molar-refractivity contribution in [1.82, 2.24) is 19.4 Å². The predicted octanol–water partition coefficient (Wildman–Crippen LogP) is 2.30. The number of hydrogen-bond acceptors (Lipinski definition) is 7. The van der Waals surface area contributed by atoms with Gasteiger partial charge in [-0.05, 0) is 19.4 Å². The van der Waals surface area contributed by atoms with Crippen molar-refractivity contribution in [3.63, 3.8) is 0 Å².